The lowest BCUT2D eigenvalue weighted by molar-refractivity contribution is -0.124. The summed E-state index contributed by atoms with van der Waals surface area (Å²) in [6.07, 6.45) is 0. The average molecular weight is 444 g/mol. The minimum absolute atomic E-state index is 0.315. The van der Waals surface area contributed by atoms with Crippen molar-refractivity contribution < 1.29 is 14.4 Å². The molecule has 146 valence electrons. The molecule has 3 amide bonds. The molecular weight excluding hydrogens is 422 g/mol. The van der Waals surface area contributed by atoms with Crippen LogP contribution in [0.5, 0.6) is 0 Å². The minimum atomic E-state index is -0.896. The van der Waals surface area contributed by atoms with Crippen LogP contribution >= 0.6 is 15.9 Å². The summed E-state index contributed by atoms with van der Waals surface area (Å²) in [6.45, 7) is 2.66. The second-order valence-electron chi connectivity index (χ2n) is 7.07. The van der Waals surface area contributed by atoms with Crippen LogP contribution in [0, 0.1) is 0 Å². The van der Waals surface area contributed by atoms with E-state index in [1.54, 1.807) is 25.1 Å². The quantitative estimate of drug-likeness (QED) is 0.696. The van der Waals surface area contributed by atoms with Crippen LogP contribution in [-0.2, 0) is 17.9 Å². The third-order valence-electron chi connectivity index (χ3n) is 4.70. The molecule has 0 radical (unpaired) electrons. The Balaban J connectivity index is 1.71. The van der Waals surface area contributed by atoms with E-state index in [2.05, 4.69) is 26.1 Å². The lowest BCUT2D eigenvalue weighted by Crippen LogP contribution is -2.47. The van der Waals surface area contributed by atoms with E-state index in [-0.39, 0.29) is 5.91 Å². The summed E-state index contributed by atoms with van der Waals surface area (Å²) in [6, 6.07) is 11.9. The largest absolute Gasteiger partial charge is 0.350 e. The molecule has 0 saturated heterocycles. The summed E-state index contributed by atoms with van der Waals surface area (Å²) in [4.78, 5) is 41.0. The first kappa shape index (κ1) is 20.2. The van der Waals surface area contributed by atoms with E-state index >= 15 is 0 Å². The van der Waals surface area contributed by atoms with Crippen molar-refractivity contribution in [2.24, 2.45) is 0 Å². The van der Waals surface area contributed by atoms with E-state index in [0.717, 1.165) is 22.6 Å². The molecule has 1 heterocycles. The summed E-state index contributed by atoms with van der Waals surface area (Å²) >= 11 is 3.31. The zero-order valence-corrected chi connectivity index (χ0v) is 17.6. The molecule has 2 aromatic rings. The van der Waals surface area contributed by atoms with Gasteiger partial charge in [-0.1, -0.05) is 40.2 Å². The Hall–Kier alpha value is -2.51. The van der Waals surface area contributed by atoms with Crippen LogP contribution < -0.4 is 5.32 Å². The number of benzene rings is 2. The van der Waals surface area contributed by atoms with Gasteiger partial charge in [-0.25, -0.2) is 0 Å². The lowest BCUT2D eigenvalue weighted by Gasteiger charge is -2.22. The number of nitrogens with zero attached hydrogens (tertiary/aromatic N) is 2. The fourth-order valence-electron chi connectivity index (χ4n) is 3.26. The lowest BCUT2D eigenvalue weighted by atomic mass is 10.1. The topological polar surface area (TPSA) is 69.7 Å². The molecule has 3 rings (SSSR count). The number of fused-ring (bicyclic) bond motifs is 1. The Morgan fingerprint density at radius 2 is 1.71 bits per heavy atom. The number of hydrogen-bond acceptors (Lipinski definition) is 4. The number of rotatable bonds is 6. The van der Waals surface area contributed by atoms with Crippen molar-refractivity contribution in [3.8, 4) is 0 Å². The molecule has 28 heavy (non-hydrogen) atoms. The summed E-state index contributed by atoms with van der Waals surface area (Å²) < 4.78 is 0.712. The molecule has 0 fully saturated rings. The van der Waals surface area contributed by atoms with Crippen LogP contribution in [0.25, 0.3) is 0 Å². The molecule has 2 aromatic carbocycles. The number of carbonyl (C=O) groups excluding carboxylic acids is 3. The first-order valence-electron chi connectivity index (χ1n) is 8.96. The van der Waals surface area contributed by atoms with Crippen molar-refractivity contribution in [2.45, 2.75) is 26.1 Å². The second kappa shape index (κ2) is 8.24. The van der Waals surface area contributed by atoms with Crippen molar-refractivity contribution in [3.63, 3.8) is 0 Å². The Labute approximate surface area is 172 Å². The molecule has 0 bridgehead atoms. The van der Waals surface area contributed by atoms with Crippen molar-refractivity contribution in [2.75, 3.05) is 14.1 Å². The number of halogens is 1. The van der Waals surface area contributed by atoms with E-state index in [9.17, 15) is 14.4 Å². The first-order chi connectivity index (χ1) is 13.3. The number of amides is 3. The van der Waals surface area contributed by atoms with Gasteiger partial charge in [0.15, 0.2) is 0 Å². The predicted octanol–water partition coefficient (Wildman–Crippen LogP) is 2.81. The van der Waals surface area contributed by atoms with Gasteiger partial charge in [0, 0.05) is 17.6 Å². The average Bonchev–Trinajstić information content (AvgIpc) is 2.89. The highest BCUT2D eigenvalue weighted by molar-refractivity contribution is 9.10. The molecule has 1 N–H and O–H groups in total. The minimum Gasteiger partial charge on any atom is -0.350 e. The maximum Gasteiger partial charge on any atom is 0.262 e. The van der Waals surface area contributed by atoms with E-state index in [4.69, 9.17) is 0 Å². The van der Waals surface area contributed by atoms with Gasteiger partial charge in [0.05, 0.1) is 11.1 Å². The van der Waals surface area contributed by atoms with Crippen LogP contribution in [0.3, 0.4) is 0 Å². The third kappa shape index (κ3) is 4.00. The van der Waals surface area contributed by atoms with Crippen molar-refractivity contribution in [1.82, 2.24) is 15.1 Å². The van der Waals surface area contributed by atoms with Gasteiger partial charge in [-0.15, -0.1) is 0 Å². The van der Waals surface area contributed by atoms with Gasteiger partial charge in [-0.05, 0) is 50.3 Å². The van der Waals surface area contributed by atoms with Gasteiger partial charge < -0.3 is 10.2 Å². The van der Waals surface area contributed by atoms with Crippen molar-refractivity contribution in [3.05, 3.63) is 69.2 Å². The second-order valence-corrected chi connectivity index (χ2v) is 7.99. The summed E-state index contributed by atoms with van der Waals surface area (Å²) in [7, 11) is 3.97. The van der Waals surface area contributed by atoms with Crippen LogP contribution in [0.4, 0.5) is 0 Å². The smallest absolute Gasteiger partial charge is 0.262 e. The molecule has 6 nitrogen and oxygen atoms in total. The standard InChI is InChI=1S/C21H22BrN3O3/c1-13(25-20(27)17-9-8-16(22)10-18(17)21(25)28)19(26)23-11-14-6-4-5-7-15(14)12-24(2)3/h4-10,13H,11-12H2,1-3H3,(H,23,26). The van der Waals surface area contributed by atoms with Gasteiger partial charge >= 0.3 is 0 Å². The molecule has 1 unspecified atom stereocenters. The highest BCUT2D eigenvalue weighted by atomic mass is 79.9. The Morgan fingerprint density at radius 3 is 2.39 bits per heavy atom. The zero-order chi connectivity index (χ0) is 20.4. The van der Waals surface area contributed by atoms with Crippen LogP contribution in [0.2, 0.25) is 0 Å². The monoisotopic (exact) mass is 443 g/mol. The van der Waals surface area contributed by atoms with E-state index in [1.807, 2.05) is 38.4 Å². The van der Waals surface area contributed by atoms with Gasteiger partial charge in [-0.2, -0.15) is 0 Å². The zero-order valence-electron chi connectivity index (χ0n) is 16.0. The molecule has 1 aliphatic heterocycles. The van der Waals surface area contributed by atoms with Crippen LogP contribution in [0.15, 0.2) is 46.9 Å². The van der Waals surface area contributed by atoms with Gasteiger partial charge in [0.1, 0.15) is 6.04 Å². The highest BCUT2D eigenvalue weighted by Gasteiger charge is 2.40. The molecule has 0 spiro atoms. The number of hydrogen-bond donors (Lipinski definition) is 1. The normalized spacial score (nSPS) is 14.4. The fourth-order valence-corrected chi connectivity index (χ4v) is 3.62. The predicted molar refractivity (Wildman–Crippen MR) is 110 cm³/mol. The fraction of sp³-hybridized carbons (Fsp3) is 0.286. The summed E-state index contributed by atoms with van der Waals surface area (Å²) in [5.41, 5.74) is 2.76. The van der Waals surface area contributed by atoms with Gasteiger partial charge in [-0.3, -0.25) is 19.3 Å². The number of carbonyl (C=O) groups is 3. The first-order valence-corrected chi connectivity index (χ1v) is 9.75. The SMILES string of the molecule is CC(C(=O)NCc1ccccc1CN(C)C)N1C(=O)c2ccc(Br)cc2C1=O. The summed E-state index contributed by atoms with van der Waals surface area (Å²) in [5, 5.41) is 2.86. The maximum absolute atomic E-state index is 12.7. The highest BCUT2D eigenvalue weighted by Crippen LogP contribution is 2.27. The molecule has 1 aliphatic rings. The Bertz CT molecular complexity index is 942. The van der Waals surface area contributed by atoms with Crippen molar-refractivity contribution >= 4 is 33.7 Å². The molecular formula is C21H22BrN3O3. The van der Waals surface area contributed by atoms with Crippen LogP contribution in [0.1, 0.15) is 38.8 Å². The van der Waals surface area contributed by atoms with Gasteiger partial charge in [0.25, 0.3) is 11.8 Å². The molecule has 0 saturated carbocycles. The molecule has 1 atom stereocenters. The number of imide groups is 1. The molecule has 7 heteroatoms. The van der Waals surface area contributed by atoms with E-state index in [1.165, 1.54) is 0 Å². The Morgan fingerprint density at radius 1 is 1.07 bits per heavy atom. The van der Waals surface area contributed by atoms with Crippen molar-refractivity contribution in [1.29, 1.82) is 0 Å². The van der Waals surface area contributed by atoms with E-state index < -0.39 is 17.9 Å². The molecule has 0 aliphatic carbocycles. The van der Waals surface area contributed by atoms with Gasteiger partial charge in [0.2, 0.25) is 5.91 Å². The maximum atomic E-state index is 12.7. The van der Waals surface area contributed by atoms with Crippen LogP contribution in [-0.4, -0.2) is 47.7 Å². The molecule has 0 aromatic heterocycles. The summed E-state index contributed by atoms with van der Waals surface area (Å²) in [5.74, 6) is -1.26. The third-order valence-corrected chi connectivity index (χ3v) is 5.20. The Kier molecular flexibility index (Phi) is 5.96. The van der Waals surface area contributed by atoms with E-state index in [0.29, 0.717) is 22.1 Å². The number of nitrogens with one attached hydrogen (secondary N) is 1.